The zero-order chi connectivity index (χ0) is 13.9. The van der Waals surface area contributed by atoms with E-state index in [-0.39, 0.29) is 12.5 Å². The second-order valence-electron chi connectivity index (χ2n) is 4.58. The summed E-state index contributed by atoms with van der Waals surface area (Å²) in [7, 11) is 0. The first-order chi connectivity index (χ1) is 9.76. The van der Waals surface area contributed by atoms with Crippen LogP contribution in [-0.2, 0) is 24.1 Å². The number of aryl methyl sites for hydroxylation is 3. The summed E-state index contributed by atoms with van der Waals surface area (Å²) in [5, 5.41) is 9.74. The summed E-state index contributed by atoms with van der Waals surface area (Å²) in [6.45, 7) is 2.28. The van der Waals surface area contributed by atoms with Crippen LogP contribution in [0.15, 0.2) is 16.9 Å². The molecule has 1 amide bonds. The first kappa shape index (κ1) is 12.6. The van der Waals surface area contributed by atoms with Crippen LogP contribution >= 0.6 is 0 Å². The van der Waals surface area contributed by atoms with Crippen molar-refractivity contribution in [3.05, 3.63) is 29.5 Å². The lowest BCUT2D eigenvalue weighted by Gasteiger charge is -2.19. The fourth-order valence-electron chi connectivity index (χ4n) is 2.12. The number of carbonyl (C=O) groups is 1. The number of amides is 1. The van der Waals surface area contributed by atoms with Gasteiger partial charge in [-0.25, -0.2) is 9.97 Å². The quantitative estimate of drug-likeness (QED) is 0.868. The van der Waals surface area contributed by atoms with E-state index < -0.39 is 0 Å². The largest absolute Gasteiger partial charge is 0.372 e. The van der Waals surface area contributed by atoms with Gasteiger partial charge in [0.05, 0.1) is 23.6 Å². The van der Waals surface area contributed by atoms with Gasteiger partial charge >= 0.3 is 0 Å². The summed E-state index contributed by atoms with van der Waals surface area (Å²) in [5.74, 6) is 1.29. The maximum atomic E-state index is 11.3. The number of rotatable bonds is 4. The molecule has 20 heavy (non-hydrogen) atoms. The third-order valence-electron chi connectivity index (χ3n) is 3.19. The molecule has 2 N–H and O–H groups in total. The van der Waals surface area contributed by atoms with Crippen molar-refractivity contribution in [1.29, 1.82) is 0 Å². The highest BCUT2D eigenvalue weighted by atomic mass is 16.5. The molecule has 1 aliphatic heterocycles. The summed E-state index contributed by atoms with van der Waals surface area (Å²) in [5.41, 5.74) is 2.61. The summed E-state index contributed by atoms with van der Waals surface area (Å²) in [6, 6.07) is 1.96. The van der Waals surface area contributed by atoms with Crippen molar-refractivity contribution >= 4 is 17.4 Å². The van der Waals surface area contributed by atoms with E-state index in [1.165, 1.54) is 6.33 Å². The number of hydrogen-bond acceptors (Lipinski definition) is 6. The molecule has 0 saturated heterocycles. The van der Waals surface area contributed by atoms with Crippen LogP contribution in [0.4, 0.5) is 11.5 Å². The monoisotopic (exact) mass is 273 g/mol. The molecule has 0 spiro atoms. The Hall–Kier alpha value is -2.44. The highest BCUT2D eigenvalue weighted by Crippen LogP contribution is 2.25. The van der Waals surface area contributed by atoms with E-state index in [0.717, 1.165) is 29.3 Å². The van der Waals surface area contributed by atoms with Crippen molar-refractivity contribution in [3.8, 4) is 0 Å². The first-order valence-electron chi connectivity index (χ1n) is 6.58. The highest BCUT2D eigenvalue weighted by Gasteiger charge is 2.19. The number of fused-ring (bicyclic) bond motifs is 1. The molecule has 2 aromatic rings. The molecular weight excluding hydrogens is 258 g/mol. The Bertz CT molecular complexity index is 637. The van der Waals surface area contributed by atoms with Gasteiger partial charge in [-0.15, -0.1) is 0 Å². The number of carbonyl (C=O) groups excluding carboxylic acids is 1. The molecule has 1 aliphatic rings. The van der Waals surface area contributed by atoms with Crippen molar-refractivity contribution in [2.24, 2.45) is 0 Å². The van der Waals surface area contributed by atoms with E-state index in [1.807, 2.05) is 13.0 Å². The molecule has 7 nitrogen and oxygen atoms in total. The molecule has 0 aliphatic carbocycles. The van der Waals surface area contributed by atoms with Gasteiger partial charge in [0.15, 0.2) is 5.82 Å². The Morgan fingerprint density at radius 2 is 2.25 bits per heavy atom. The van der Waals surface area contributed by atoms with Gasteiger partial charge in [0, 0.05) is 12.5 Å². The molecule has 3 heterocycles. The van der Waals surface area contributed by atoms with Crippen LogP contribution in [0.25, 0.3) is 0 Å². The molecule has 0 bridgehead atoms. The standard InChI is InChI=1S/C13H15N5O2/c1-2-8-5-9(20-18-8)3-4-10-12-13(16-7-15-10)17-11(19)6-14-12/h5,7,14H,2-4,6H2,1H3,(H,15,16,17,19). The summed E-state index contributed by atoms with van der Waals surface area (Å²) in [4.78, 5) is 19.6. The van der Waals surface area contributed by atoms with E-state index in [1.54, 1.807) is 0 Å². The summed E-state index contributed by atoms with van der Waals surface area (Å²) < 4.78 is 5.25. The zero-order valence-electron chi connectivity index (χ0n) is 11.1. The minimum atomic E-state index is -0.0926. The first-order valence-corrected chi connectivity index (χ1v) is 6.58. The molecular formula is C13H15N5O2. The van der Waals surface area contributed by atoms with Crippen LogP contribution in [0, 0.1) is 0 Å². The van der Waals surface area contributed by atoms with E-state index in [4.69, 9.17) is 4.52 Å². The predicted molar refractivity (Wildman–Crippen MR) is 72.4 cm³/mol. The Balaban J connectivity index is 1.74. The van der Waals surface area contributed by atoms with E-state index in [0.29, 0.717) is 18.7 Å². The Morgan fingerprint density at radius 3 is 3.05 bits per heavy atom. The minimum Gasteiger partial charge on any atom is -0.372 e. The van der Waals surface area contributed by atoms with Gasteiger partial charge in [0.1, 0.15) is 12.1 Å². The van der Waals surface area contributed by atoms with Crippen molar-refractivity contribution in [2.45, 2.75) is 26.2 Å². The van der Waals surface area contributed by atoms with Crippen LogP contribution in [0.2, 0.25) is 0 Å². The third-order valence-corrected chi connectivity index (χ3v) is 3.19. The number of anilines is 2. The van der Waals surface area contributed by atoms with Gasteiger partial charge in [0.2, 0.25) is 5.91 Å². The molecule has 7 heteroatoms. The topological polar surface area (TPSA) is 92.9 Å². The average Bonchev–Trinajstić information content (AvgIpc) is 2.92. The molecule has 104 valence electrons. The van der Waals surface area contributed by atoms with Gasteiger partial charge in [-0.1, -0.05) is 12.1 Å². The Kier molecular flexibility index (Phi) is 3.32. The number of nitrogens with one attached hydrogen (secondary N) is 2. The smallest absolute Gasteiger partial charge is 0.244 e. The maximum Gasteiger partial charge on any atom is 0.244 e. The molecule has 0 fully saturated rings. The second kappa shape index (κ2) is 5.28. The fraction of sp³-hybridized carbons (Fsp3) is 0.385. The van der Waals surface area contributed by atoms with Gasteiger partial charge in [-0.3, -0.25) is 4.79 Å². The van der Waals surface area contributed by atoms with Gasteiger partial charge in [-0.05, 0) is 12.8 Å². The second-order valence-corrected chi connectivity index (χ2v) is 4.58. The lowest BCUT2D eigenvalue weighted by atomic mass is 10.1. The van der Waals surface area contributed by atoms with Crippen molar-refractivity contribution < 1.29 is 9.32 Å². The van der Waals surface area contributed by atoms with Crippen molar-refractivity contribution in [2.75, 3.05) is 17.2 Å². The molecule has 0 saturated carbocycles. The number of hydrogen-bond donors (Lipinski definition) is 2. The van der Waals surface area contributed by atoms with Crippen LogP contribution in [0.5, 0.6) is 0 Å². The molecule has 0 atom stereocenters. The Labute approximate surface area is 115 Å². The number of aromatic nitrogens is 3. The summed E-state index contributed by atoms with van der Waals surface area (Å²) >= 11 is 0. The minimum absolute atomic E-state index is 0.0926. The molecule has 0 unspecified atom stereocenters. The number of nitrogens with zero attached hydrogens (tertiary/aromatic N) is 3. The average molecular weight is 273 g/mol. The SMILES string of the molecule is CCc1cc(CCc2ncnc3c2NCC(=O)N3)on1. The zero-order valence-corrected chi connectivity index (χ0v) is 11.1. The molecule has 2 aromatic heterocycles. The van der Waals surface area contributed by atoms with E-state index in [9.17, 15) is 4.79 Å². The molecule has 0 aromatic carbocycles. The third kappa shape index (κ3) is 2.47. The molecule has 0 radical (unpaired) electrons. The molecule has 3 rings (SSSR count). The van der Waals surface area contributed by atoms with E-state index in [2.05, 4.69) is 25.8 Å². The van der Waals surface area contributed by atoms with Crippen LogP contribution in [0.3, 0.4) is 0 Å². The van der Waals surface area contributed by atoms with Crippen molar-refractivity contribution in [3.63, 3.8) is 0 Å². The van der Waals surface area contributed by atoms with Crippen LogP contribution in [0.1, 0.15) is 24.1 Å². The lowest BCUT2D eigenvalue weighted by Crippen LogP contribution is -2.29. The normalized spacial score (nSPS) is 13.6. The summed E-state index contributed by atoms with van der Waals surface area (Å²) in [6.07, 6.45) is 3.73. The predicted octanol–water partition coefficient (Wildman–Crippen LogP) is 1.18. The fourth-order valence-corrected chi connectivity index (χ4v) is 2.12. The van der Waals surface area contributed by atoms with Gasteiger partial charge in [0.25, 0.3) is 0 Å². The van der Waals surface area contributed by atoms with Crippen molar-refractivity contribution in [1.82, 2.24) is 15.1 Å². The lowest BCUT2D eigenvalue weighted by molar-refractivity contribution is -0.114. The van der Waals surface area contributed by atoms with Crippen LogP contribution in [-0.4, -0.2) is 27.6 Å². The van der Waals surface area contributed by atoms with Crippen LogP contribution < -0.4 is 10.6 Å². The Morgan fingerprint density at radius 1 is 1.35 bits per heavy atom. The highest BCUT2D eigenvalue weighted by molar-refractivity contribution is 5.99. The van der Waals surface area contributed by atoms with Gasteiger partial charge < -0.3 is 15.2 Å². The van der Waals surface area contributed by atoms with Gasteiger partial charge in [-0.2, -0.15) is 0 Å². The maximum absolute atomic E-state index is 11.3. The van der Waals surface area contributed by atoms with E-state index >= 15 is 0 Å².